The molecule has 0 aliphatic heterocycles. The van der Waals surface area contributed by atoms with Crippen molar-refractivity contribution in [3.63, 3.8) is 0 Å². The molecule has 0 fully saturated rings. The molecule has 0 spiro atoms. The summed E-state index contributed by atoms with van der Waals surface area (Å²) in [4.78, 5) is 24.6. The fraction of sp³-hybridized carbons (Fsp3) is 0.200. The van der Waals surface area contributed by atoms with Crippen molar-refractivity contribution in [2.24, 2.45) is 5.92 Å². The second kappa shape index (κ2) is 8.11. The smallest absolute Gasteiger partial charge is 0.340 e. The number of nitrogens with one attached hydrogen (secondary N) is 1. The van der Waals surface area contributed by atoms with Gasteiger partial charge in [-0.1, -0.05) is 56.8 Å². The van der Waals surface area contributed by atoms with E-state index >= 15 is 0 Å². The molecule has 124 valence electrons. The van der Waals surface area contributed by atoms with Gasteiger partial charge in [0.1, 0.15) is 5.75 Å². The van der Waals surface area contributed by atoms with E-state index in [1.165, 1.54) is 0 Å². The zero-order chi connectivity index (χ0) is 17.5. The third kappa shape index (κ3) is 4.56. The predicted molar refractivity (Wildman–Crippen MR) is 93.8 cm³/mol. The number of carbonyl (C=O) groups excluding carboxylic acids is 2. The van der Waals surface area contributed by atoms with Crippen molar-refractivity contribution < 1.29 is 14.3 Å². The first-order chi connectivity index (χ1) is 11.5. The highest BCUT2D eigenvalue weighted by Gasteiger charge is 2.25. The Morgan fingerprint density at radius 3 is 2.04 bits per heavy atom. The first-order valence-electron chi connectivity index (χ1n) is 7.81. The van der Waals surface area contributed by atoms with Gasteiger partial charge in [-0.15, -0.1) is 0 Å². The quantitative estimate of drug-likeness (QED) is 0.502. The van der Waals surface area contributed by atoms with Gasteiger partial charge in [0.25, 0.3) is 5.91 Å². The van der Waals surface area contributed by atoms with Crippen LogP contribution in [-0.4, -0.2) is 17.9 Å². The fourth-order valence-corrected chi connectivity index (χ4v) is 2.26. The molecule has 1 amide bonds. The van der Waals surface area contributed by atoms with Gasteiger partial charge in [0, 0.05) is 5.56 Å². The summed E-state index contributed by atoms with van der Waals surface area (Å²) in [7, 11) is 0. The van der Waals surface area contributed by atoms with Crippen LogP contribution in [0.2, 0.25) is 0 Å². The van der Waals surface area contributed by atoms with E-state index in [-0.39, 0.29) is 17.4 Å². The maximum absolute atomic E-state index is 12.3. The number of rotatable bonds is 6. The Morgan fingerprint density at radius 2 is 1.50 bits per heavy atom. The van der Waals surface area contributed by atoms with Gasteiger partial charge in [0.2, 0.25) is 0 Å². The largest absolute Gasteiger partial charge is 0.423 e. The van der Waals surface area contributed by atoms with Crippen molar-refractivity contribution in [3.05, 3.63) is 78.4 Å². The van der Waals surface area contributed by atoms with E-state index in [0.29, 0.717) is 11.3 Å². The molecule has 1 atom stereocenters. The van der Waals surface area contributed by atoms with Crippen molar-refractivity contribution in [1.29, 1.82) is 0 Å². The molecule has 1 N–H and O–H groups in total. The predicted octanol–water partition coefficient (Wildman–Crippen LogP) is 3.60. The van der Waals surface area contributed by atoms with E-state index in [0.717, 1.165) is 0 Å². The zero-order valence-electron chi connectivity index (χ0n) is 13.9. The van der Waals surface area contributed by atoms with Crippen molar-refractivity contribution in [2.45, 2.75) is 19.9 Å². The topological polar surface area (TPSA) is 55.4 Å². The highest BCUT2D eigenvalue weighted by Crippen LogP contribution is 2.16. The number of hydrogen-bond donors (Lipinski definition) is 1. The molecule has 4 heteroatoms. The minimum absolute atomic E-state index is 0.00603. The molecule has 0 radical (unpaired) electrons. The van der Waals surface area contributed by atoms with Gasteiger partial charge >= 0.3 is 5.97 Å². The van der Waals surface area contributed by atoms with E-state index < -0.39 is 12.0 Å². The van der Waals surface area contributed by atoms with E-state index in [4.69, 9.17) is 4.74 Å². The van der Waals surface area contributed by atoms with E-state index in [2.05, 4.69) is 11.9 Å². The Bertz CT molecular complexity index is 708. The summed E-state index contributed by atoms with van der Waals surface area (Å²) < 4.78 is 5.30. The number of hydrogen-bond acceptors (Lipinski definition) is 3. The second-order valence-corrected chi connectivity index (χ2v) is 5.79. The summed E-state index contributed by atoms with van der Waals surface area (Å²) in [6.07, 6.45) is 0. The van der Waals surface area contributed by atoms with Crippen molar-refractivity contribution in [2.75, 3.05) is 0 Å². The summed E-state index contributed by atoms with van der Waals surface area (Å²) in [5, 5.41) is 2.86. The van der Waals surface area contributed by atoms with Gasteiger partial charge in [-0.05, 0) is 30.2 Å². The van der Waals surface area contributed by atoms with Crippen LogP contribution in [0.5, 0.6) is 5.75 Å². The molecule has 0 aromatic heterocycles. The number of benzene rings is 2. The minimum Gasteiger partial charge on any atom is -0.423 e. The second-order valence-electron chi connectivity index (χ2n) is 5.79. The van der Waals surface area contributed by atoms with Gasteiger partial charge in [0.05, 0.1) is 11.6 Å². The Morgan fingerprint density at radius 1 is 0.958 bits per heavy atom. The minimum atomic E-state index is -0.548. The molecular formula is C20H21NO3. The van der Waals surface area contributed by atoms with Crippen molar-refractivity contribution >= 4 is 11.9 Å². The molecule has 0 saturated heterocycles. The number of carbonyl (C=O) groups is 2. The van der Waals surface area contributed by atoms with Gasteiger partial charge in [-0.2, -0.15) is 0 Å². The molecular weight excluding hydrogens is 302 g/mol. The average molecular weight is 323 g/mol. The highest BCUT2D eigenvalue weighted by atomic mass is 16.5. The van der Waals surface area contributed by atoms with E-state index in [9.17, 15) is 9.59 Å². The molecule has 4 nitrogen and oxygen atoms in total. The van der Waals surface area contributed by atoms with E-state index in [1.807, 2.05) is 26.0 Å². The Labute approximate surface area is 142 Å². The molecule has 0 heterocycles. The molecule has 24 heavy (non-hydrogen) atoms. The zero-order valence-corrected chi connectivity index (χ0v) is 13.9. The molecule has 0 saturated carbocycles. The third-order valence-corrected chi connectivity index (χ3v) is 3.58. The lowest BCUT2D eigenvalue weighted by atomic mass is 9.96. The number of amides is 1. The summed E-state index contributed by atoms with van der Waals surface area (Å²) >= 11 is 0. The maximum atomic E-state index is 12.3. The molecule has 0 aliphatic rings. The first kappa shape index (κ1) is 17.5. The van der Waals surface area contributed by atoms with Crippen LogP contribution < -0.4 is 10.1 Å². The third-order valence-electron chi connectivity index (χ3n) is 3.58. The van der Waals surface area contributed by atoms with Crippen LogP contribution in [0.3, 0.4) is 0 Å². The normalized spacial score (nSPS) is 11.6. The number of ether oxygens (including phenoxy) is 1. The molecule has 0 unspecified atom stereocenters. The first-order valence-corrected chi connectivity index (χ1v) is 7.81. The lowest BCUT2D eigenvalue weighted by Crippen LogP contribution is -2.42. The van der Waals surface area contributed by atoms with E-state index in [1.54, 1.807) is 48.5 Å². The lowest BCUT2D eigenvalue weighted by molar-refractivity contribution is -0.130. The van der Waals surface area contributed by atoms with Crippen LogP contribution >= 0.6 is 0 Å². The average Bonchev–Trinajstić information content (AvgIpc) is 2.60. The van der Waals surface area contributed by atoms with Crippen LogP contribution in [0.1, 0.15) is 24.2 Å². The van der Waals surface area contributed by atoms with Crippen LogP contribution in [0.25, 0.3) is 0 Å². The molecule has 2 aromatic rings. The Kier molecular flexibility index (Phi) is 5.90. The Balaban J connectivity index is 2.07. The number of esters is 1. The summed E-state index contributed by atoms with van der Waals surface area (Å²) in [5.74, 6) is -0.356. The number of para-hydroxylation sites is 1. The van der Waals surface area contributed by atoms with Crippen LogP contribution in [0, 0.1) is 5.92 Å². The van der Waals surface area contributed by atoms with Crippen LogP contribution in [0.4, 0.5) is 0 Å². The monoisotopic (exact) mass is 323 g/mol. The SMILES string of the molecule is C=C(C(=O)Oc1ccccc1)[C@@H](NC(=O)c1ccccc1)C(C)C. The summed E-state index contributed by atoms with van der Waals surface area (Å²) in [6, 6.07) is 17.1. The van der Waals surface area contributed by atoms with Gasteiger partial charge in [-0.25, -0.2) is 4.79 Å². The fourth-order valence-electron chi connectivity index (χ4n) is 2.26. The molecule has 2 rings (SSSR count). The van der Waals surface area contributed by atoms with Crippen LogP contribution in [-0.2, 0) is 4.79 Å². The lowest BCUT2D eigenvalue weighted by Gasteiger charge is -2.23. The van der Waals surface area contributed by atoms with Gasteiger partial charge in [-0.3, -0.25) is 4.79 Å². The van der Waals surface area contributed by atoms with Gasteiger partial charge < -0.3 is 10.1 Å². The Hall–Kier alpha value is -2.88. The summed E-state index contributed by atoms with van der Waals surface area (Å²) in [6.45, 7) is 7.66. The highest BCUT2D eigenvalue weighted by molar-refractivity contribution is 5.97. The summed E-state index contributed by atoms with van der Waals surface area (Å²) in [5.41, 5.74) is 0.755. The molecule has 0 aliphatic carbocycles. The van der Waals surface area contributed by atoms with Crippen molar-refractivity contribution in [1.82, 2.24) is 5.32 Å². The van der Waals surface area contributed by atoms with Crippen LogP contribution in [0.15, 0.2) is 72.8 Å². The standard InChI is InChI=1S/C20H21NO3/c1-14(2)18(21-19(22)16-10-6-4-7-11-16)15(3)20(23)24-17-12-8-5-9-13-17/h4-14,18H,3H2,1-2H3,(H,21,22)/t18-/m0/s1. The van der Waals surface area contributed by atoms with Gasteiger partial charge in [0.15, 0.2) is 0 Å². The molecule has 2 aromatic carbocycles. The molecule has 0 bridgehead atoms. The van der Waals surface area contributed by atoms with Crippen molar-refractivity contribution in [3.8, 4) is 5.75 Å². The maximum Gasteiger partial charge on any atom is 0.340 e.